The highest BCUT2D eigenvalue weighted by Crippen LogP contribution is 2.35. The van der Waals surface area contributed by atoms with Crippen molar-refractivity contribution >= 4 is 33.3 Å². The molecule has 0 spiro atoms. The molecule has 0 radical (unpaired) electrons. The van der Waals surface area contributed by atoms with Crippen LogP contribution >= 0.6 is 11.3 Å². The van der Waals surface area contributed by atoms with Crippen molar-refractivity contribution in [1.29, 1.82) is 0 Å². The number of aromatic nitrogens is 6. The Hall–Kier alpha value is -3.95. The average Bonchev–Trinajstić information content (AvgIpc) is 3.74. The van der Waals surface area contributed by atoms with Gasteiger partial charge in [-0.05, 0) is 66.8 Å². The lowest BCUT2D eigenvalue weighted by Crippen LogP contribution is -2.20. The second kappa shape index (κ2) is 9.74. The summed E-state index contributed by atoms with van der Waals surface area (Å²) in [6.45, 7) is 1.89. The topological polar surface area (TPSA) is 95.2 Å². The maximum absolute atomic E-state index is 13.7. The summed E-state index contributed by atoms with van der Waals surface area (Å²) in [5, 5.41) is 12.0. The highest BCUT2D eigenvalue weighted by Gasteiger charge is 2.17. The van der Waals surface area contributed by atoms with Crippen LogP contribution in [-0.2, 0) is 6.54 Å². The van der Waals surface area contributed by atoms with Crippen molar-refractivity contribution in [3.05, 3.63) is 71.9 Å². The maximum Gasteiger partial charge on any atom is 0.176 e. The second-order valence-electron chi connectivity index (χ2n) is 9.97. The quantitative estimate of drug-likeness (QED) is 0.216. The summed E-state index contributed by atoms with van der Waals surface area (Å²) in [5.41, 5.74) is 7.27. The van der Waals surface area contributed by atoms with Gasteiger partial charge in [0.2, 0.25) is 0 Å². The van der Waals surface area contributed by atoms with Crippen LogP contribution < -0.4 is 5.32 Å². The van der Waals surface area contributed by atoms with E-state index in [0.717, 1.165) is 79.5 Å². The molecule has 0 aliphatic heterocycles. The molecule has 7 rings (SSSR count). The van der Waals surface area contributed by atoms with Crippen molar-refractivity contribution in [3.63, 3.8) is 0 Å². The van der Waals surface area contributed by atoms with Gasteiger partial charge in [0, 0.05) is 46.5 Å². The standard InChI is InChI=1S/C29H26FN7S/c30-26-8-7-25(38-26)22-15-33-16-24-27(22)35-29(34-24)28-21-10-19(5-6-23(21)36-37-28)20-9-18(13-32-14-20)12-31-11-17-3-1-2-4-17/h5-10,13-17,31H,1-4,11-12H2,(H,34,35)(H,36,37). The molecule has 3 N–H and O–H groups in total. The van der Waals surface area contributed by atoms with E-state index in [4.69, 9.17) is 4.98 Å². The zero-order chi connectivity index (χ0) is 25.5. The number of halogens is 1. The SMILES string of the molecule is Fc1ccc(-c2cncc3[nH]c(-c4n[nH]c5ccc(-c6cncc(CNCC7CCCC7)c6)cc45)nc23)s1. The third kappa shape index (κ3) is 4.37. The fourth-order valence-electron chi connectivity index (χ4n) is 5.44. The molecule has 1 fully saturated rings. The van der Waals surface area contributed by atoms with Crippen molar-refractivity contribution in [2.24, 2.45) is 5.92 Å². The van der Waals surface area contributed by atoms with Crippen LogP contribution in [-0.4, -0.2) is 36.7 Å². The van der Waals surface area contributed by atoms with Gasteiger partial charge < -0.3 is 10.3 Å². The largest absolute Gasteiger partial charge is 0.335 e. The second-order valence-corrected chi connectivity index (χ2v) is 11.0. The van der Waals surface area contributed by atoms with E-state index in [9.17, 15) is 4.39 Å². The van der Waals surface area contributed by atoms with Crippen LogP contribution in [0.5, 0.6) is 0 Å². The monoisotopic (exact) mass is 523 g/mol. The van der Waals surface area contributed by atoms with E-state index in [1.54, 1.807) is 18.5 Å². The molecule has 5 aromatic heterocycles. The van der Waals surface area contributed by atoms with E-state index in [1.165, 1.54) is 37.3 Å². The molecule has 0 unspecified atom stereocenters. The van der Waals surface area contributed by atoms with Crippen molar-refractivity contribution in [2.45, 2.75) is 32.2 Å². The molecule has 0 saturated heterocycles. The molecule has 0 atom stereocenters. The predicted molar refractivity (Wildman–Crippen MR) is 149 cm³/mol. The molecule has 38 heavy (non-hydrogen) atoms. The molecule has 1 saturated carbocycles. The summed E-state index contributed by atoms with van der Waals surface area (Å²) in [6, 6.07) is 11.7. The summed E-state index contributed by atoms with van der Waals surface area (Å²) < 4.78 is 13.7. The predicted octanol–water partition coefficient (Wildman–Crippen LogP) is 6.71. The number of rotatable bonds is 7. The van der Waals surface area contributed by atoms with E-state index >= 15 is 0 Å². The molecule has 0 bridgehead atoms. The van der Waals surface area contributed by atoms with E-state index in [1.807, 2.05) is 18.5 Å². The van der Waals surface area contributed by atoms with Crippen molar-refractivity contribution in [3.8, 4) is 33.1 Å². The van der Waals surface area contributed by atoms with E-state index in [0.29, 0.717) is 5.82 Å². The van der Waals surface area contributed by atoms with Gasteiger partial charge in [-0.1, -0.05) is 18.9 Å². The number of nitrogens with zero attached hydrogens (tertiary/aromatic N) is 4. The first-order chi connectivity index (χ1) is 18.7. The molecule has 0 amide bonds. The lowest BCUT2D eigenvalue weighted by molar-refractivity contribution is 0.489. The van der Waals surface area contributed by atoms with E-state index in [2.05, 4.69) is 48.7 Å². The van der Waals surface area contributed by atoms with Crippen LogP contribution in [0.4, 0.5) is 4.39 Å². The number of hydrogen-bond acceptors (Lipinski definition) is 6. The zero-order valence-electron chi connectivity index (χ0n) is 20.7. The summed E-state index contributed by atoms with van der Waals surface area (Å²) in [4.78, 5) is 17.9. The summed E-state index contributed by atoms with van der Waals surface area (Å²) in [6.07, 6.45) is 12.7. The minimum absolute atomic E-state index is 0.234. The Balaban J connectivity index is 1.20. The fraction of sp³-hybridized carbons (Fsp3) is 0.241. The summed E-state index contributed by atoms with van der Waals surface area (Å²) in [5.74, 6) is 1.45. The molecule has 7 nitrogen and oxygen atoms in total. The van der Waals surface area contributed by atoms with Gasteiger partial charge in [0.1, 0.15) is 11.2 Å². The third-order valence-electron chi connectivity index (χ3n) is 7.39. The third-order valence-corrected chi connectivity index (χ3v) is 8.29. The maximum atomic E-state index is 13.7. The molecule has 6 aromatic rings. The summed E-state index contributed by atoms with van der Waals surface area (Å²) in [7, 11) is 0. The Bertz CT molecular complexity index is 1740. The van der Waals surface area contributed by atoms with Gasteiger partial charge >= 0.3 is 0 Å². The number of pyridine rings is 2. The number of aromatic amines is 2. The number of hydrogen-bond donors (Lipinski definition) is 3. The van der Waals surface area contributed by atoms with Crippen LogP contribution in [0.25, 0.3) is 55.0 Å². The average molecular weight is 524 g/mol. The van der Waals surface area contributed by atoms with Gasteiger partial charge in [-0.3, -0.25) is 15.1 Å². The number of H-pyrrole nitrogens is 2. The minimum Gasteiger partial charge on any atom is -0.335 e. The fourth-order valence-corrected chi connectivity index (χ4v) is 6.18. The molecule has 1 aliphatic rings. The first-order valence-electron chi connectivity index (χ1n) is 12.9. The lowest BCUT2D eigenvalue weighted by Gasteiger charge is -2.11. The van der Waals surface area contributed by atoms with Gasteiger partial charge in [-0.25, -0.2) is 4.98 Å². The van der Waals surface area contributed by atoms with Crippen LogP contribution in [0.1, 0.15) is 31.2 Å². The first kappa shape index (κ1) is 23.2. The van der Waals surface area contributed by atoms with Crippen molar-refractivity contribution in [2.75, 3.05) is 6.54 Å². The summed E-state index contributed by atoms with van der Waals surface area (Å²) >= 11 is 1.08. The van der Waals surface area contributed by atoms with E-state index in [-0.39, 0.29) is 5.13 Å². The molecule has 1 aromatic carbocycles. The van der Waals surface area contributed by atoms with Crippen LogP contribution in [0.2, 0.25) is 0 Å². The van der Waals surface area contributed by atoms with Gasteiger partial charge in [0.05, 0.1) is 17.2 Å². The van der Waals surface area contributed by atoms with Gasteiger partial charge in [-0.2, -0.15) is 9.49 Å². The highest BCUT2D eigenvalue weighted by atomic mass is 32.1. The van der Waals surface area contributed by atoms with Crippen molar-refractivity contribution < 1.29 is 4.39 Å². The van der Waals surface area contributed by atoms with E-state index < -0.39 is 0 Å². The smallest absolute Gasteiger partial charge is 0.176 e. The zero-order valence-corrected chi connectivity index (χ0v) is 21.5. The Morgan fingerprint density at radius 1 is 0.947 bits per heavy atom. The number of benzene rings is 1. The number of fused-ring (bicyclic) bond motifs is 2. The molecule has 1 aliphatic carbocycles. The lowest BCUT2D eigenvalue weighted by atomic mass is 10.0. The molecule has 9 heteroatoms. The van der Waals surface area contributed by atoms with Crippen LogP contribution in [0.15, 0.2) is 61.2 Å². The molecule has 190 valence electrons. The van der Waals surface area contributed by atoms with Gasteiger partial charge in [0.25, 0.3) is 0 Å². The molecule has 5 heterocycles. The number of nitrogens with one attached hydrogen (secondary N) is 3. The number of thiophene rings is 1. The Kier molecular flexibility index (Phi) is 5.94. The minimum atomic E-state index is -0.234. The Labute approximate surface area is 222 Å². The molecular weight excluding hydrogens is 497 g/mol. The van der Waals surface area contributed by atoms with Gasteiger partial charge in [-0.15, -0.1) is 11.3 Å². The van der Waals surface area contributed by atoms with Crippen LogP contribution in [0, 0.1) is 11.0 Å². The Morgan fingerprint density at radius 2 is 1.84 bits per heavy atom. The Morgan fingerprint density at radius 3 is 2.71 bits per heavy atom. The molecular formula is C29H26FN7S. The first-order valence-corrected chi connectivity index (χ1v) is 13.8. The van der Waals surface area contributed by atoms with Gasteiger partial charge in [0.15, 0.2) is 11.0 Å². The normalized spacial score (nSPS) is 14.2. The van der Waals surface area contributed by atoms with Crippen molar-refractivity contribution in [1.82, 2.24) is 35.5 Å². The number of imidazole rings is 1. The van der Waals surface area contributed by atoms with Crippen LogP contribution in [0.3, 0.4) is 0 Å². The highest BCUT2D eigenvalue weighted by molar-refractivity contribution is 7.14.